The van der Waals surface area contributed by atoms with Gasteiger partial charge in [0.1, 0.15) is 0 Å². The lowest BCUT2D eigenvalue weighted by Crippen LogP contribution is -2.21. The summed E-state index contributed by atoms with van der Waals surface area (Å²) >= 11 is 0. The normalized spacial score (nSPS) is 14.7. The molecule has 0 saturated heterocycles. The maximum Gasteiger partial charge on any atom is 0.338 e. The van der Waals surface area contributed by atoms with Gasteiger partial charge in [0.2, 0.25) is 0 Å². The molecule has 0 aromatic heterocycles. The summed E-state index contributed by atoms with van der Waals surface area (Å²) < 4.78 is 14.5. The van der Waals surface area contributed by atoms with Crippen LogP contribution < -0.4 is 0 Å². The highest BCUT2D eigenvalue weighted by Crippen LogP contribution is 2.38. The zero-order valence-electron chi connectivity index (χ0n) is 18.5. The van der Waals surface area contributed by atoms with Gasteiger partial charge in [0.25, 0.3) is 0 Å². The second-order valence-corrected chi connectivity index (χ2v) is 7.70. The SMILES string of the molecule is C=C1C=C(C(=O)O)C(F)=CN1/C(CC)=C(\CC)c1ccccc1-c1ccc(C)cc1C. The predicted molar refractivity (Wildman–Crippen MR) is 125 cm³/mol. The molecule has 1 heterocycles. The summed E-state index contributed by atoms with van der Waals surface area (Å²) in [6.45, 7) is 12.3. The van der Waals surface area contributed by atoms with Gasteiger partial charge in [0.05, 0.1) is 5.57 Å². The first-order valence-corrected chi connectivity index (χ1v) is 10.5. The van der Waals surface area contributed by atoms with Crippen LogP contribution in [0.4, 0.5) is 4.39 Å². The highest BCUT2D eigenvalue weighted by molar-refractivity contribution is 5.92. The molecule has 0 spiro atoms. The summed E-state index contributed by atoms with van der Waals surface area (Å²) in [7, 11) is 0. The lowest BCUT2D eigenvalue weighted by Gasteiger charge is -2.30. The van der Waals surface area contributed by atoms with Crippen LogP contribution in [0, 0.1) is 13.8 Å². The first-order valence-electron chi connectivity index (χ1n) is 10.5. The van der Waals surface area contributed by atoms with Crippen molar-refractivity contribution < 1.29 is 14.3 Å². The van der Waals surface area contributed by atoms with Crippen molar-refractivity contribution in [3.05, 3.63) is 101 Å². The van der Waals surface area contributed by atoms with Gasteiger partial charge in [-0.3, -0.25) is 0 Å². The van der Waals surface area contributed by atoms with Crippen molar-refractivity contribution in [1.29, 1.82) is 0 Å². The molecule has 3 rings (SSSR count). The van der Waals surface area contributed by atoms with E-state index in [2.05, 4.69) is 57.7 Å². The van der Waals surface area contributed by atoms with Crippen LogP contribution in [0.5, 0.6) is 0 Å². The number of allylic oxidation sites excluding steroid dienone is 3. The van der Waals surface area contributed by atoms with Gasteiger partial charge in [0, 0.05) is 17.6 Å². The van der Waals surface area contributed by atoms with Crippen molar-refractivity contribution in [3.8, 4) is 11.1 Å². The summed E-state index contributed by atoms with van der Waals surface area (Å²) in [5, 5.41) is 9.23. The molecule has 1 N–H and O–H groups in total. The highest BCUT2D eigenvalue weighted by atomic mass is 19.1. The van der Waals surface area contributed by atoms with E-state index in [-0.39, 0.29) is 5.57 Å². The Morgan fingerprint density at radius 2 is 1.77 bits per heavy atom. The summed E-state index contributed by atoms with van der Waals surface area (Å²) in [6, 6.07) is 14.7. The van der Waals surface area contributed by atoms with Gasteiger partial charge in [-0.2, -0.15) is 0 Å². The van der Waals surface area contributed by atoms with Crippen LogP contribution in [-0.2, 0) is 4.79 Å². The van der Waals surface area contributed by atoms with E-state index in [0.29, 0.717) is 12.1 Å². The topological polar surface area (TPSA) is 40.5 Å². The number of halogens is 1. The van der Waals surface area contributed by atoms with Gasteiger partial charge in [-0.15, -0.1) is 0 Å². The van der Waals surface area contributed by atoms with Crippen molar-refractivity contribution in [3.63, 3.8) is 0 Å². The smallest absolute Gasteiger partial charge is 0.338 e. The van der Waals surface area contributed by atoms with Gasteiger partial charge < -0.3 is 10.0 Å². The molecule has 1 aliphatic heterocycles. The molecular formula is C27H28FNO2. The van der Waals surface area contributed by atoms with E-state index in [1.165, 1.54) is 23.4 Å². The number of carboxylic acid groups (broad SMARTS) is 1. The van der Waals surface area contributed by atoms with Crippen LogP contribution >= 0.6 is 0 Å². The second-order valence-electron chi connectivity index (χ2n) is 7.70. The minimum atomic E-state index is -1.30. The molecule has 1 aliphatic rings. The number of hydrogen-bond donors (Lipinski definition) is 1. The Morgan fingerprint density at radius 1 is 1.06 bits per heavy atom. The molecular weight excluding hydrogens is 389 g/mol. The van der Waals surface area contributed by atoms with E-state index in [9.17, 15) is 14.3 Å². The van der Waals surface area contributed by atoms with E-state index in [0.717, 1.165) is 34.4 Å². The van der Waals surface area contributed by atoms with Crippen LogP contribution in [0.3, 0.4) is 0 Å². The zero-order chi connectivity index (χ0) is 22.7. The Kier molecular flexibility index (Phi) is 6.59. The first-order chi connectivity index (χ1) is 14.8. The molecule has 2 aromatic rings. The fourth-order valence-corrected chi connectivity index (χ4v) is 4.16. The average Bonchev–Trinajstić information content (AvgIpc) is 2.73. The van der Waals surface area contributed by atoms with Crippen LogP contribution in [0.25, 0.3) is 16.7 Å². The molecule has 0 saturated carbocycles. The Bertz CT molecular complexity index is 1140. The second kappa shape index (κ2) is 9.17. The van der Waals surface area contributed by atoms with Gasteiger partial charge in [-0.25, -0.2) is 9.18 Å². The molecule has 2 aromatic carbocycles. The van der Waals surface area contributed by atoms with E-state index >= 15 is 0 Å². The number of benzene rings is 2. The predicted octanol–water partition coefficient (Wildman–Crippen LogP) is 7.15. The van der Waals surface area contributed by atoms with E-state index in [1.807, 2.05) is 19.1 Å². The highest BCUT2D eigenvalue weighted by Gasteiger charge is 2.25. The molecule has 3 nitrogen and oxygen atoms in total. The molecule has 0 unspecified atom stereocenters. The van der Waals surface area contributed by atoms with Gasteiger partial charge >= 0.3 is 5.97 Å². The third-order valence-electron chi connectivity index (χ3n) is 5.60. The lowest BCUT2D eigenvalue weighted by atomic mass is 9.89. The van der Waals surface area contributed by atoms with Crippen LogP contribution in [0.15, 0.2) is 84.1 Å². The van der Waals surface area contributed by atoms with Crippen molar-refractivity contribution in [2.45, 2.75) is 40.5 Å². The molecule has 31 heavy (non-hydrogen) atoms. The van der Waals surface area contributed by atoms with Crippen LogP contribution in [0.2, 0.25) is 0 Å². The quantitative estimate of drug-likeness (QED) is 0.542. The number of rotatable bonds is 6. The van der Waals surface area contributed by atoms with Crippen molar-refractivity contribution >= 4 is 11.5 Å². The molecule has 0 amide bonds. The summed E-state index contributed by atoms with van der Waals surface area (Å²) in [4.78, 5) is 13.0. The minimum Gasteiger partial charge on any atom is -0.478 e. The summed E-state index contributed by atoms with van der Waals surface area (Å²) in [6.07, 6.45) is 3.90. The summed E-state index contributed by atoms with van der Waals surface area (Å²) in [5.74, 6) is -2.07. The number of nitrogens with zero attached hydrogens (tertiary/aromatic N) is 1. The number of carbonyl (C=O) groups is 1. The fraction of sp³-hybridized carbons (Fsp3) is 0.222. The first kappa shape index (κ1) is 22.3. The Balaban J connectivity index is 2.19. The summed E-state index contributed by atoms with van der Waals surface area (Å²) in [5.41, 5.74) is 7.83. The maximum atomic E-state index is 14.5. The number of aryl methyl sites for hydroxylation is 2. The molecule has 160 valence electrons. The third-order valence-corrected chi connectivity index (χ3v) is 5.60. The molecule has 0 radical (unpaired) electrons. The Labute approximate surface area is 183 Å². The molecule has 0 aliphatic carbocycles. The molecule has 0 atom stereocenters. The fourth-order valence-electron chi connectivity index (χ4n) is 4.16. The standard InChI is InChI=1S/C27H28FNO2/c1-6-20(26(7-2)29-16-25(28)24(27(30)31)15-19(29)5)22-10-8-9-11-23(22)21-13-12-17(3)14-18(21)4/h8-16H,5-7H2,1-4H3,(H,30,31)/b26-20+. The third kappa shape index (κ3) is 4.38. The van der Waals surface area contributed by atoms with E-state index in [4.69, 9.17) is 0 Å². The Morgan fingerprint density at radius 3 is 2.39 bits per heavy atom. The zero-order valence-corrected chi connectivity index (χ0v) is 18.5. The largest absolute Gasteiger partial charge is 0.478 e. The van der Waals surface area contributed by atoms with Crippen molar-refractivity contribution in [1.82, 2.24) is 4.90 Å². The number of aliphatic carboxylic acids is 1. The van der Waals surface area contributed by atoms with Crippen molar-refractivity contribution in [2.24, 2.45) is 0 Å². The van der Waals surface area contributed by atoms with E-state index in [1.54, 1.807) is 4.90 Å². The van der Waals surface area contributed by atoms with Crippen molar-refractivity contribution in [2.75, 3.05) is 0 Å². The molecule has 4 heteroatoms. The number of carboxylic acids is 1. The molecule has 0 bridgehead atoms. The number of hydrogen-bond acceptors (Lipinski definition) is 2. The lowest BCUT2D eigenvalue weighted by molar-refractivity contribution is -0.132. The minimum absolute atomic E-state index is 0.370. The van der Waals surface area contributed by atoms with E-state index < -0.39 is 11.8 Å². The van der Waals surface area contributed by atoms with Gasteiger partial charge in [0.15, 0.2) is 5.83 Å². The van der Waals surface area contributed by atoms with Gasteiger partial charge in [-0.1, -0.05) is 68.5 Å². The average molecular weight is 418 g/mol. The van der Waals surface area contributed by atoms with Gasteiger partial charge in [-0.05, 0) is 60.6 Å². The maximum absolute atomic E-state index is 14.5. The van der Waals surface area contributed by atoms with Crippen LogP contribution in [-0.4, -0.2) is 16.0 Å². The monoisotopic (exact) mass is 417 g/mol. The molecule has 0 fully saturated rings. The van der Waals surface area contributed by atoms with Crippen LogP contribution in [0.1, 0.15) is 43.4 Å². The Hall–Kier alpha value is -3.40.